The van der Waals surface area contributed by atoms with Gasteiger partial charge in [0, 0.05) is 19.2 Å². The summed E-state index contributed by atoms with van der Waals surface area (Å²) in [6.45, 7) is 4.25. The summed E-state index contributed by atoms with van der Waals surface area (Å²) in [5, 5.41) is 14.0. The molecule has 3 nitrogen and oxygen atoms in total. The Morgan fingerprint density at radius 1 is 1.61 bits per heavy atom. The zero-order chi connectivity index (χ0) is 13.2. The van der Waals surface area contributed by atoms with Gasteiger partial charge in [-0.05, 0) is 31.7 Å². The van der Waals surface area contributed by atoms with E-state index < -0.39 is 0 Å². The van der Waals surface area contributed by atoms with Crippen LogP contribution in [0.4, 0.5) is 0 Å². The second-order valence-electron chi connectivity index (χ2n) is 5.84. The molecular weight excluding hydrogens is 222 g/mol. The Hall–Kier alpha value is -1.30. The predicted molar refractivity (Wildman–Crippen MR) is 71.9 cm³/mol. The molecule has 1 saturated carbocycles. The highest BCUT2D eigenvalue weighted by atomic mass is 15.3. The standard InChI is InChI=1S/C15H23N3/c1-4-13-6-5-7-15(9-13,11-16)10-14-8-12(2)17-18(14)3/h8,13H,4-7,9-10H2,1-3H3. The second-order valence-corrected chi connectivity index (χ2v) is 5.84. The van der Waals surface area contributed by atoms with E-state index in [2.05, 4.69) is 24.2 Å². The summed E-state index contributed by atoms with van der Waals surface area (Å²) in [7, 11) is 1.98. The van der Waals surface area contributed by atoms with Crippen molar-refractivity contribution in [2.45, 2.75) is 52.4 Å². The van der Waals surface area contributed by atoms with Crippen LogP contribution in [0, 0.1) is 29.6 Å². The minimum atomic E-state index is -0.154. The molecule has 0 saturated heterocycles. The van der Waals surface area contributed by atoms with Crippen LogP contribution in [0.1, 0.15) is 50.4 Å². The van der Waals surface area contributed by atoms with Gasteiger partial charge >= 0.3 is 0 Å². The molecule has 0 bridgehead atoms. The summed E-state index contributed by atoms with van der Waals surface area (Å²) >= 11 is 0. The number of aryl methyl sites for hydroxylation is 2. The number of aromatic nitrogens is 2. The first-order chi connectivity index (χ1) is 8.58. The summed E-state index contributed by atoms with van der Waals surface area (Å²) in [4.78, 5) is 0. The molecule has 1 heterocycles. The number of nitriles is 1. The third kappa shape index (κ3) is 2.58. The fourth-order valence-electron chi connectivity index (χ4n) is 3.31. The van der Waals surface area contributed by atoms with E-state index in [1.165, 1.54) is 25.0 Å². The van der Waals surface area contributed by atoms with E-state index >= 15 is 0 Å². The maximum absolute atomic E-state index is 9.63. The normalized spacial score (nSPS) is 28.0. The number of rotatable bonds is 3. The fourth-order valence-corrected chi connectivity index (χ4v) is 3.31. The summed E-state index contributed by atoms with van der Waals surface area (Å²) in [6.07, 6.45) is 6.66. The molecule has 1 aromatic heterocycles. The molecule has 2 rings (SSSR count). The minimum Gasteiger partial charge on any atom is -0.272 e. The molecule has 1 aromatic rings. The van der Waals surface area contributed by atoms with Crippen molar-refractivity contribution in [3.8, 4) is 6.07 Å². The summed E-state index contributed by atoms with van der Waals surface area (Å²) in [5.74, 6) is 0.729. The summed E-state index contributed by atoms with van der Waals surface area (Å²) in [5.41, 5.74) is 2.09. The van der Waals surface area contributed by atoms with Crippen LogP contribution in [-0.2, 0) is 13.5 Å². The zero-order valence-electron chi connectivity index (χ0n) is 11.7. The molecule has 0 aromatic carbocycles. The molecule has 3 heteroatoms. The Bertz CT molecular complexity index is 455. The Labute approximate surface area is 110 Å². The molecule has 2 unspecified atom stereocenters. The van der Waals surface area contributed by atoms with Crippen LogP contribution in [0.2, 0.25) is 0 Å². The van der Waals surface area contributed by atoms with Crippen LogP contribution < -0.4 is 0 Å². The fraction of sp³-hybridized carbons (Fsp3) is 0.733. The van der Waals surface area contributed by atoms with Gasteiger partial charge in [-0.3, -0.25) is 4.68 Å². The molecule has 0 spiro atoms. The van der Waals surface area contributed by atoms with E-state index in [0.29, 0.717) is 0 Å². The number of hydrogen-bond donors (Lipinski definition) is 0. The monoisotopic (exact) mass is 245 g/mol. The number of hydrogen-bond acceptors (Lipinski definition) is 2. The molecule has 18 heavy (non-hydrogen) atoms. The van der Waals surface area contributed by atoms with Crippen molar-refractivity contribution in [3.05, 3.63) is 17.5 Å². The van der Waals surface area contributed by atoms with Gasteiger partial charge in [0.05, 0.1) is 17.2 Å². The maximum Gasteiger partial charge on any atom is 0.0693 e. The van der Waals surface area contributed by atoms with E-state index in [0.717, 1.165) is 30.9 Å². The molecule has 1 fully saturated rings. The third-order valence-electron chi connectivity index (χ3n) is 4.38. The largest absolute Gasteiger partial charge is 0.272 e. The van der Waals surface area contributed by atoms with Crippen molar-refractivity contribution in [2.75, 3.05) is 0 Å². The molecular formula is C15H23N3. The molecule has 0 N–H and O–H groups in total. The lowest BCUT2D eigenvalue weighted by Gasteiger charge is -2.35. The van der Waals surface area contributed by atoms with Gasteiger partial charge in [0.25, 0.3) is 0 Å². The van der Waals surface area contributed by atoms with E-state index in [-0.39, 0.29) is 5.41 Å². The smallest absolute Gasteiger partial charge is 0.0693 e. The quantitative estimate of drug-likeness (QED) is 0.819. The topological polar surface area (TPSA) is 41.6 Å². The van der Waals surface area contributed by atoms with Gasteiger partial charge in [0.15, 0.2) is 0 Å². The highest BCUT2D eigenvalue weighted by Crippen LogP contribution is 2.42. The van der Waals surface area contributed by atoms with Crippen molar-refractivity contribution in [2.24, 2.45) is 18.4 Å². The third-order valence-corrected chi connectivity index (χ3v) is 4.38. The van der Waals surface area contributed by atoms with Crippen LogP contribution in [0.15, 0.2) is 6.07 Å². The van der Waals surface area contributed by atoms with Crippen molar-refractivity contribution in [1.29, 1.82) is 5.26 Å². The van der Waals surface area contributed by atoms with E-state index in [1.54, 1.807) is 0 Å². The van der Waals surface area contributed by atoms with Crippen molar-refractivity contribution >= 4 is 0 Å². The van der Waals surface area contributed by atoms with Gasteiger partial charge in [-0.25, -0.2) is 0 Å². The summed E-state index contributed by atoms with van der Waals surface area (Å²) in [6, 6.07) is 4.75. The van der Waals surface area contributed by atoms with E-state index in [4.69, 9.17) is 0 Å². The first-order valence-electron chi connectivity index (χ1n) is 6.99. The Kier molecular flexibility index (Phi) is 3.75. The predicted octanol–water partition coefficient (Wildman–Crippen LogP) is 3.38. The molecule has 2 atom stereocenters. The highest BCUT2D eigenvalue weighted by Gasteiger charge is 2.36. The minimum absolute atomic E-state index is 0.154. The molecule has 1 aliphatic carbocycles. The van der Waals surface area contributed by atoms with Gasteiger partial charge in [0.1, 0.15) is 0 Å². The second kappa shape index (κ2) is 5.14. The lowest BCUT2D eigenvalue weighted by atomic mass is 9.67. The molecule has 0 aliphatic heterocycles. The molecule has 1 aliphatic rings. The van der Waals surface area contributed by atoms with Crippen molar-refractivity contribution in [1.82, 2.24) is 9.78 Å². The van der Waals surface area contributed by atoms with Gasteiger partial charge in [0.2, 0.25) is 0 Å². The molecule has 0 radical (unpaired) electrons. The van der Waals surface area contributed by atoms with Gasteiger partial charge in [-0.15, -0.1) is 0 Å². The average Bonchev–Trinajstić information content (AvgIpc) is 2.68. The lowest BCUT2D eigenvalue weighted by molar-refractivity contribution is 0.191. The molecule has 0 amide bonds. The first kappa shape index (κ1) is 13.1. The van der Waals surface area contributed by atoms with Crippen molar-refractivity contribution < 1.29 is 0 Å². The van der Waals surface area contributed by atoms with Crippen LogP contribution >= 0.6 is 0 Å². The average molecular weight is 245 g/mol. The van der Waals surface area contributed by atoms with Gasteiger partial charge in [-0.2, -0.15) is 10.4 Å². The van der Waals surface area contributed by atoms with Crippen LogP contribution in [-0.4, -0.2) is 9.78 Å². The van der Waals surface area contributed by atoms with Crippen LogP contribution in [0.25, 0.3) is 0 Å². The Morgan fingerprint density at radius 2 is 2.39 bits per heavy atom. The molecule has 98 valence electrons. The van der Waals surface area contributed by atoms with Gasteiger partial charge < -0.3 is 0 Å². The van der Waals surface area contributed by atoms with E-state index in [9.17, 15) is 5.26 Å². The Balaban J connectivity index is 2.18. The number of nitrogens with zero attached hydrogens (tertiary/aromatic N) is 3. The maximum atomic E-state index is 9.63. The van der Waals surface area contributed by atoms with Crippen LogP contribution in [0.5, 0.6) is 0 Å². The Morgan fingerprint density at radius 3 is 2.94 bits per heavy atom. The SMILES string of the molecule is CCC1CCCC(C#N)(Cc2cc(C)nn2C)C1. The van der Waals surface area contributed by atoms with Gasteiger partial charge in [-0.1, -0.05) is 26.2 Å². The van der Waals surface area contributed by atoms with Crippen molar-refractivity contribution in [3.63, 3.8) is 0 Å². The lowest BCUT2D eigenvalue weighted by Crippen LogP contribution is -2.30. The first-order valence-corrected chi connectivity index (χ1v) is 6.99. The zero-order valence-corrected chi connectivity index (χ0v) is 11.7. The summed E-state index contributed by atoms with van der Waals surface area (Å²) < 4.78 is 1.93. The highest BCUT2D eigenvalue weighted by molar-refractivity contribution is 5.15. The van der Waals surface area contributed by atoms with E-state index in [1.807, 2.05) is 18.7 Å². The van der Waals surface area contributed by atoms with Crippen LogP contribution in [0.3, 0.4) is 0 Å².